The lowest BCUT2D eigenvalue weighted by Gasteiger charge is -2.07. The second kappa shape index (κ2) is 7.39. The zero-order chi connectivity index (χ0) is 15.1. The van der Waals surface area contributed by atoms with Crippen LogP contribution in [-0.4, -0.2) is 31.1 Å². The number of carbonyl (C=O) groups is 1. The first-order valence-electron chi connectivity index (χ1n) is 5.98. The molecule has 0 aliphatic carbocycles. The first-order valence-corrected chi connectivity index (χ1v) is 5.98. The van der Waals surface area contributed by atoms with Gasteiger partial charge in [0.25, 0.3) is 11.6 Å². The van der Waals surface area contributed by atoms with Crippen molar-refractivity contribution >= 4 is 17.3 Å². The van der Waals surface area contributed by atoms with E-state index in [9.17, 15) is 19.3 Å². The first-order chi connectivity index (χ1) is 9.47. The van der Waals surface area contributed by atoms with E-state index < -0.39 is 22.3 Å². The van der Waals surface area contributed by atoms with E-state index in [2.05, 4.69) is 5.32 Å². The maximum absolute atomic E-state index is 13.2. The van der Waals surface area contributed by atoms with Gasteiger partial charge in [0.1, 0.15) is 5.56 Å². The molecule has 20 heavy (non-hydrogen) atoms. The van der Waals surface area contributed by atoms with E-state index in [0.29, 0.717) is 25.6 Å². The van der Waals surface area contributed by atoms with Crippen LogP contribution in [0.25, 0.3) is 0 Å². The van der Waals surface area contributed by atoms with Crippen molar-refractivity contribution in [3.8, 4) is 0 Å². The zero-order valence-corrected chi connectivity index (χ0v) is 11.0. The molecule has 8 heteroatoms. The maximum Gasteiger partial charge on any atom is 0.285 e. The molecule has 3 N–H and O–H groups in total. The summed E-state index contributed by atoms with van der Waals surface area (Å²) in [5.74, 6) is -1.57. The van der Waals surface area contributed by atoms with Crippen LogP contribution in [0.1, 0.15) is 23.2 Å². The molecule has 1 amide bonds. The number of amides is 1. The van der Waals surface area contributed by atoms with Crippen LogP contribution in [0, 0.1) is 15.9 Å². The monoisotopic (exact) mass is 285 g/mol. The molecule has 1 aromatic rings. The van der Waals surface area contributed by atoms with Crippen molar-refractivity contribution in [3.05, 3.63) is 33.6 Å². The number of nitro benzene ring substituents is 1. The molecule has 0 spiro atoms. The highest BCUT2D eigenvalue weighted by molar-refractivity contribution is 5.99. The number of nitro groups is 1. The summed E-state index contributed by atoms with van der Waals surface area (Å²) in [6.45, 7) is 0.913. The van der Waals surface area contributed by atoms with Crippen molar-refractivity contribution in [2.24, 2.45) is 0 Å². The van der Waals surface area contributed by atoms with Crippen LogP contribution in [0.2, 0.25) is 0 Å². The smallest absolute Gasteiger partial charge is 0.285 e. The lowest BCUT2D eigenvalue weighted by molar-refractivity contribution is -0.385. The molecule has 0 fully saturated rings. The largest absolute Gasteiger partial charge is 0.396 e. The number of rotatable bonds is 7. The van der Waals surface area contributed by atoms with Gasteiger partial charge in [-0.2, -0.15) is 0 Å². The Morgan fingerprint density at radius 2 is 2.20 bits per heavy atom. The summed E-state index contributed by atoms with van der Waals surface area (Å²) in [4.78, 5) is 21.8. The summed E-state index contributed by atoms with van der Waals surface area (Å²) < 4.78 is 18.1. The summed E-state index contributed by atoms with van der Waals surface area (Å²) in [6, 6.07) is 1.62. The van der Waals surface area contributed by atoms with Gasteiger partial charge in [-0.15, -0.1) is 0 Å². The quantitative estimate of drug-likeness (QED) is 0.341. The molecule has 0 saturated heterocycles. The predicted octanol–water partition coefficient (Wildman–Crippen LogP) is 1.47. The minimum Gasteiger partial charge on any atom is -0.396 e. The number of hydrogen-bond acceptors (Lipinski definition) is 5. The van der Waals surface area contributed by atoms with E-state index >= 15 is 0 Å². The maximum atomic E-state index is 13.2. The second-order valence-corrected chi connectivity index (χ2v) is 4.10. The highest BCUT2D eigenvalue weighted by atomic mass is 19.1. The molecule has 7 nitrogen and oxygen atoms in total. The topological polar surface area (TPSA) is 107 Å². The van der Waals surface area contributed by atoms with Crippen molar-refractivity contribution < 1.29 is 18.8 Å². The predicted molar refractivity (Wildman–Crippen MR) is 70.9 cm³/mol. The van der Waals surface area contributed by atoms with Crippen molar-refractivity contribution in [2.75, 3.05) is 26.0 Å². The molecule has 0 aliphatic rings. The third-order valence-electron chi connectivity index (χ3n) is 2.62. The Morgan fingerprint density at radius 3 is 2.80 bits per heavy atom. The van der Waals surface area contributed by atoms with E-state index in [-0.39, 0.29) is 11.3 Å². The van der Waals surface area contributed by atoms with Crippen LogP contribution in [0.15, 0.2) is 12.1 Å². The number of methoxy groups -OCH3 is 1. The number of benzene rings is 1. The standard InChI is InChI=1S/C12H16FN3O4/c1-20-5-3-2-4-15-12(17)8-6-10(14)9(13)7-11(8)16(18)19/h6-7H,2-5,14H2,1H3,(H,15,17). The average Bonchev–Trinajstić information content (AvgIpc) is 2.40. The molecule has 0 radical (unpaired) electrons. The average molecular weight is 285 g/mol. The number of hydrogen-bond donors (Lipinski definition) is 2. The fourth-order valence-corrected chi connectivity index (χ4v) is 1.58. The van der Waals surface area contributed by atoms with E-state index in [0.717, 1.165) is 12.5 Å². The van der Waals surface area contributed by atoms with Crippen molar-refractivity contribution in [1.29, 1.82) is 0 Å². The molecule has 0 bridgehead atoms. The highest BCUT2D eigenvalue weighted by Gasteiger charge is 2.22. The molecule has 0 saturated carbocycles. The lowest BCUT2D eigenvalue weighted by Crippen LogP contribution is -2.25. The molecule has 0 aliphatic heterocycles. The minimum absolute atomic E-state index is 0.249. The van der Waals surface area contributed by atoms with Gasteiger partial charge < -0.3 is 15.8 Å². The lowest BCUT2D eigenvalue weighted by atomic mass is 10.1. The van der Waals surface area contributed by atoms with Crippen molar-refractivity contribution in [1.82, 2.24) is 5.32 Å². The van der Waals surface area contributed by atoms with Gasteiger partial charge in [-0.05, 0) is 18.9 Å². The van der Waals surface area contributed by atoms with Gasteiger partial charge in [0.2, 0.25) is 0 Å². The molecule has 0 atom stereocenters. The number of halogens is 1. The number of nitrogens with two attached hydrogens (primary N) is 1. The SMILES string of the molecule is COCCCCNC(=O)c1cc(N)c(F)cc1[N+](=O)[O-]. The van der Waals surface area contributed by atoms with E-state index in [1.54, 1.807) is 7.11 Å². The third kappa shape index (κ3) is 4.16. The number of unbranched alkanes of at least 4 members (excludes halogenated alkanes) is 1. The van der Waals surface area contributed by atoms with Gasteiger partial charge in [0.15, 0.2) is 5.82 Å². The minimum atomic E-state index is -0.923. The molecular weight excluding hydrogens is 269 g/mol. The Hall–Kier alpha value is -2.22. The molecule has 1 rings (SSSR count). The number of nitrogen functional groups attached to an aromatic ring is 1. The normalized spacial score (nSPS) is 10.3. The second-order valence-electron chi connectivity index (χ2n) is 4.10. The molecular formula is C12H16FN3O4. The number of nitrogens with zero attached hydrogens (tertiary/aromatic N) is 1. The summed E-state index contributed by atoms with van der Waals surface area (Å²) in [5, 5.41) is 13.3. The number of ether oxygens (including phenoxy) is 1. The van der Waals surface area contributed by atoms with E-state index in [1.165, 1.54) is 0 Å². The number of nitrogens with one attached hydrogen (secondary N) is 1. The summed E-state index contributed by atoms with van der Waals surface area (Å²) in [5.41, 5.74) is 4.17. The van der Waals surface area contributed by atoms with Gasteiger partial charge in [0.05, 0.1) is 16.7 Å². The summed E-state index contributed by atoms with van der Waals surface area (Å²) in [7, 11) is 1.57. The molecule has 0 heterocycles. The Labute approximate surface area is 115 Å². The van der Waals surface area contributed by atoms with Crippen molar-refractivity contribution in [3.63, 3.8) is 0 Å². The Kier molecular flexibility index (Phi) is 5.85. The Morgan fingerprint density at radius 1 is 1.50 bits per heavy atom. The van der Waals surface area contributed by atoms with E-state index in [4.69, 9.17) is 10.5 Å². The fourth-order valence-electron chi connectivity index (χ4n) is 1.58. The molecule has 1 aromatic carbocycles. The molecule has 0 aromatic heterocycles. The van der Waals surface area contributed by atoms with Gasteiger partial charge in [-0.1, -0.05) is 0 Å². The van der Waals surface area contributed by atoms with Gasteiger partial charge in [0, 0.05) is 20.3 Å². The fraction of sp³-hybridized carbons (Fsp3) is 0.417. The number of carbonyl (C=O) groups excluding carboxylic acids is 1. The summed E-state index contributed by atoms with van der Waals surface area (Å²) >= 11 is 0. The van der Waals surface area contributed by atoms with Crippen LogP contribution in [0.4, 0.5) is 15.8 Å². The molecule has 0 unspecified atom stereocenters. The van der Waals surface area contributed by atoms with Gasteiger partial charge >= 0.3 is 0 Å². The highest BCUT2D eigenvalue weighted by Crippen LogP contribution is 2.24. The van der Waals surface area contributed by atoms with Crippen LogP contribution >= 0.6 is 0 Å². The number of anilines is 1. The van der Waals surface area contributed by atoms with Gasteiger partial charge in [-0.3, -0.25) is 14.9 Å². The van der Waals surface area contributed by atoms with Crippen LogP contribution in [0.5, 0.6) is 0 Å². The Bertz CT molecular complexity index is 508. The zero-order valence-electron chi connectivity index (χ0n) is 11.0. The Balaban J connectivity index is 2.76. The van der Waals surface area contributed by atoms with Crippen LogP contribution in [-0.2, 0) is 4.74 Å². The first kappa shape index (κ1) is 15.8. The molecule has 110 valence electrons. The summed E-state index contributed by atoms with van der Waals surface area (Å²) in [6.07, 6.45) is 1.43. The van der Waals surface area contributed by atoms with Crippen molar-refractivity contribution in [2.45, 2.75) is 12.8 Å². The van der Waals surface area contributed by atoms with Crippen LogP contribution in [0.3, 0.4) is 0 Å². The van der Waals surface area contributed by atoms with E-state index in [1.807, 2.05) is 0 Å². The van der Waals surface area contributed by atoms with Gasteiger partial charge in [-0.25, -0.2) is 4.39 Å². The third-order valence-corrected chi connectivity index (χ3v) is 2.62. The van der Waals surface area contributed by atoms with Crippen LogP contribution < -0.4 is 11.1 Å².